The molecule has 0 N–H and O–H groups in total. The van der Waals surface area contributed by atoms with E-state index in [0.29, 0.717) is 21.8 Å². The fourth-order valence-electron chi connectivity index (χ4n) is 3.27. The summed E-state index contributed by atoms with van der Waals surface area (Å²) >= 11 is 4.26. The van der Waals surface area contributed by atoms with Crippen LogP contribution in [0.5, 0.6) is 11.5 Å². The number of aryl methyl sites for hydroxylation is 1. The number of amides is 2. The summed E-state index contributed by atoms with van der Waals surface area (Å²) in [4.78, 5) is 39.3. The highest BCUT2D eigenvalue weighted by molar-refractivity contribution is 9.10. The second-order valence-electron chi connectivity index (χ2n) is 7.56. The number of ether oxygens (including phenoxy) is 2. The molecule has 2 amide bonds. The zero-order valence-electron chi connectivity index (χ0n) is 18.4. The number of methoxy groups -OCH3 is 1. The molecule has 1 aliphatic rings. The third-order valence-corrected chi connectivity index (χ3v) is 6.54. The number of thioether (sulfide) groups is 1. The molecular weight excluding hydrogens is 518 g/mol. The van der Waals surface area contributed by atoms with Crippen molar-refractivity contribution in [1.29, 1.82) is 0 Å². The number of carbonyl (C=O) groups excluding carboxylic acids is 3. The molecule has 3 aromatic carbocycles. The summed E-state index contributed by atoms with van der Waals surface area (Å²) in [6.07, 6.45) is 1.63. The lowest BCUT2D eigenvalue weighted by Crippen LogP contribution is -2.27. The zero-order valence-corrected chi connectivity index (χ0v) is 20.8. The van der Waals surface area contributed by atoms with E-state index in [9.17, 15) is 14.4 Å². The van der Waals surface area contributed by atoms with E-state index >= 15 is 0 Å². The van der Waals surface area contributed by atoms with E-state index in [4.69, 9.17) is 9.47 Å². The Morgan fingerprint density at radius 2 is 1.71 bits per heavy atom. The van der Waals surface area contributed by atoms with Gasteiger partial charge in [0.1, 0.15) is 0 Å². The molecule has 0 aliphatic carbocycles. The maximum Gasteiger partial charge on any atom is 0.343 e. The third-order valence-electron chi connectivity index (χ3n) is 5.10. The largest absolute Gasteiger partial charge is 0.493 e. The third kappa shape index (κ3) is 5.40. The number of hydrogen-bond donors (Lipinski definition) is 0. The van der Waals surface area contributed by atoms with E-state index in [1.165, 1.54) is 12.0 Å². The van der Waals surface area contributed by atoms with Crippen LogP contribution in [-0.4, -0.2) is 29.1 Å². The fourth-order valence-corrected chi connectivity index (χ4v) is 4.37. The van der Waals surface area contributed by atoms with Crippen LogP contribution in [-0.2, 0) is 11.3 Å². The van der Waals surface area contributed by atoms with Crippen LogP contribution in [0.2, 0.25) is 0 Å². The van der Waals surface area contributed by atoms with Crippen molar-refractivity contribution >= 4 is 50.9 Å². The first-order chi connectivity index (χ1) is 16.3. The van der Waals surface area contributed by atoms with Gasteiger partial charge in [-0.1, -0.05) is 51.8 Å². The van der Waals surface area contributed by atoms with Crippen molar-refractivity contribution in [3.8, 4) is 11.5 Å². The van der Waals surface area contributed by atoms with Crippen molar-refractivity contribution in [1.82, 2.24) is 4.90 Å². The van der Waals surface area contributed by atoms with Crippen LogP contribution < -0.4 is 9.47 Å². The van der Waals surface area contributed by atoms with Crippen molar-refractivity contribution in [2.24, 2.45) is 0 Å². The molecule has 6 nitrogen and oxygen atoms in total. The molecule has 3 aromatic rings. The molecule has 8 heteroatoms. The first-order valence-electron chi connectivity index (χ1n) is 10.3. The van der Waals surface area contributed by atoms with Gasteiger partial charge in [0, 0.05) is 4.47 Å². The van der Waals surface area contributed by atoms with Crippen LogP contribution in [0.15, 0.2) is 76.1 Å². The van der Waals surface area contributed by atoms with Gasteiger partial charge in [-0.05, 0) is 72.3 Å². The first-order valence-corrected chi connectivity index (χ1v) is 11.9. The van der Waals surface area contributed by atoms with Gasteiger partial charge in [-0.3, -0.25) is 14.5 Å². The molecule has 0 atom stereocenters. The maximum atomic E-state index is 12.8. The summed E-state index contributed by atoms with van der Waals surface area (Å²) < 4.78 is 11.8. The molecule has 0 saturated carbocycles. The summed E-state index contributed by atoms with van der Waals surface area (Å²) in [5, 5.41) is -0.324. The van der Waals surface area contributed by atoms with Gasteiger partial charge in [-0.15, -0.1) is 0 Å². The average Bonchev–Trinajstić information content (AvgIpc) is 3.09. The Hall–Kier alpha value is -3.36. The van der Waals surface area contributed by atoms with Crippen molar-refractivity contribution in [2.45, 2.75) is 13.5 Å². The van der Waals surface area contributed by atoms with E-state index in [-0.39, 0.29) is 23.4 Å². The number of rotatable bonds is 6. The van der Waals surface area contributed by atoms with Gasteiger partial charge in [0.25, 0.3) is 11.1 Å². The Kier molecular flexibility index (Phi) is 7.19. The molecular formula is C26H20BrNO5S. The fraction of sp³-hybridized carbons (Fsp3) is 0.115. The molecule has 1 saturated heterocycles. The van der Waals surface area contributed by atoms with Gasteiger partial charge in [-0.25, -0.2) is 4.79 Å². The number of halogens is 1. The van der Waals surface area contributed by atoms with Gasteiger partial charge < -0.3 is 9.47 Å². The van der Waals surface area contributed by atoms with E-state index in [2.05, 4.69) is 15.9 Å². The van der Waals surface area contributed by atoms with Crippen LogP contribution in [0.1, 0.15) is 27.0 Å². The highest BCUT2D eigenvalue weighted by Crippen LogP contribution is 2.35. The second kappa shape index (κ2) is 10.3. The van der Waals surface area contributed by atoms with E-state index < -0.39 is 5.97 Å². The number of hydrogen-bond acceptors (Lipinski definition) is 6. The molecule has 34 heavy (non-hydrogen) atoms. The predicted molar refractivity (Wildman–Crippen MR) is 135 cm³/mol. The monoisotopic (exact) mass is 537 g/mol. The molecule has 0 radical (unpaired) electrons. The minimum Gasteiger partial charge on any atom is -0.493 e. The SMILES string of the molecule is COc1cc(/C=C2\SC(=O)N(Cc3ccc(Br)cc3)C2=O)ccc1OC(=O)c1ccc(C)cc1. The minimum absolute atomic E-state index is 0.201. The topological polar surface area (TPSA) is 72.9 Å². The molecule has 0 bridgehead atoms. The predicted octanol–water partition coefficient (Wildman–Crippen LogP) is 6.22. The number of benzene rings is 3. The lowest BCUT2D eigenvalue weighted by atomic mass is 10.1. The molecule has 1 aliphatic heterocycles. The summed E-state index contributed by atoms with van der Waals surface area (Å²) in [6.45, 7) is 2.14. The van der Waals surface area contributed by atoms with Crippen molar-refractivity contribution < 1.29 is 23.9 Å². The summed E-state index contributed by atoms with van der Waals surface area (Å²) in [5.41, 5.74) is 2.96. The molecule has 0 spiro atoms. The molecule has 172 valence electrons. The highest BCUT2D eigenvalue weighted by Gasteiger charge is 2.35. The quantitative estimate of drug-likeness (QED) is 0.211. The van der Waals surface area contributed by atoms with Gasteiger partial charge in [0.2, 0.25) is 0 Å². The summed E-state index contributed by atoms with van der Waals surface area (Å²) in [7, 11) is 1.47. The van der Waals surface area contributed by atoms with Crippen LogP contribution >= 0.6 is 27.7 Å². The number of nitrogens with zero attached hydrogens (tertiary/aromatic N) is 1. The summed E-state index contributed by atoms with van der Waals surface area (Å²) in [5.74, 6) is -0.260. The van der Waals surface area contributed by atoms with E-state index in [1.54, 1.807) is 36.4 Å². The maximum absolute atomic E-state index is 12.8. The van der Waals surface area contributed by atoms with Crippen LogP contribution in [0, 0.1) is 6.92 Å². The Bertz CT molecular complexity index is 1290. The van der Waals surface area contributed by atoms with Gasteiger partial charge in [0.15, 0.2) is 11.5 Å². The molecule has 4 rings (SSSR count). The molecule has 0 aromatic heterocycles. The van der Waals surface area contributed by atoms with Gasteiger partial charge in [-0.2, -0.15) is 0 Å². The second-order valence-corrected chi connectivity index (χ2v) is 9.47. The van der Waals surface area contributed by atoms with E-state index in [0.717, 1.165) is 27.4 Å². The zero-order chi connectivity index (χ0) is 24.2. The Morgan fingerprint density at radius 3 is 2.38 bits per heavy atom. The lowest BCUT2D eigenvalue weighted by Gasteiger charge is -2.12. The minimum atomic E-state index is -0.500. The Morgan fingerprint density at radius 1 is 1.00 bits per heavy atom. The molecule has 0 unspecified atom stereocenters. The average molecular weight is 538 g/mol. The number of carbonyl (C=O) groups is 3. The van der Waals surface area contributed by atoms with Crippen molar-refractivity contribution in [2.75, 3.05) is 7.11 Å². The van der Waals surface area contributed by atoms with E-state index in [1.807, 2.05) is 43.3 Å². The Labute approximate surface area is 209 Å². The first kappa shape index (κ1) is 23.8. The van der Waals surface area contributed by atoms with Gasteiger partial charge in [0.05, 0.1) is 24.1 Å². The summed E-state index contributed by atoms with van der Waals surface area (Å²) in [6, 6.07) is 19.5. The molecule has 1 fully saturated rings. The van der Waals surface area contributed by atoms with Crippen molar-refractivity contribution in [3.63, 3.8) is 0 Å². The smallest absolute Gasteiger partial charge is 0.343 e. The Balaban J connectivity index is 1.50. The van der Waals surface area contributed by atoms with Crippen molar-refractivity contribution in [3.05, 3.63) is 98.4 Å². The van der Waals surface area contributed by atoms with Crippen LogP contribution in [0.25, 0.3) is 6.08 Å². The normalized spacial score (nSPS) is 14.6. The number of imide groups is 1. The standard InChI is InChI=1S/C26H20BrNO5S/c1-16-3-8-19(9-4-16)25(30)33-21-12-7-18(13-22(21)32-2)14-23-24(29)28(26(31)34-23)15-17-5-10-20(27)11-6-17/h3-14H,15H2,1-2H3/b23-14-. The number of esters is 1. The highest BCUT2D eigenvalue weighted by atomic mass is 79.9. The van der Waals surface area contributed by atoms with Crippen LogP contribution in [0.3, 0.4) is 0 Å². The lowest BCUT2D eigenvalue weighted by molar-refractivity contribution is -0.123. The van der Waals surface area contributed by atoms with Crippen LogP contribution in [0.4, 0.5) is 4.79 Å². The van der Waals surface area contributed by atoms with Gasteiger partial charge >= 0.3 is 5.97 Å². The molecule has 1 heterocycles.